The van der Waals surface area contributed by atoms with Crippen LogP contribution in [0, 0.1) is 32.1 Å². The van der Waals surface area contributed by atoms with Gasteiger partial charge in [0, 0.05) is 50.4 Å². The molecule has 4 aromatic rings. The lowest BCUT2D eigenvalue weighted by atomic mass is 10.2. The van der Waals surface area contributed by atoms with Gasteiger partial charge in [0.05, 0.1) is 9.85 Å². The van der Waals surface area contributed by atoms with Crippen molar-refractivity contribution >= 4 is 11.4 Å². The predicted octanol–water partition coefficient (Wildman–Crippen LogP) is 7.29. The van der Waals surface area contributed by atoms with Gasteiger partial charge < -0.3 is 19.3 Å². The van der Waals surface area contributed by atoms with Gasteiger partial charge >= 0.3 is 0 Å². The molecule has 222 valence electrons. The zero-order valence-electron chi connectivity index (χ0n) is 24.2. The van der Waals surface area contributed by atoms with Gasteiger partial charge in [-0.25, -0.2) is 0 Å². The quantitative estimate of drug-likeness (QED) is 0.113. The second-order valence-corrected chi connectivity index (χ2v) is 11.1. The molecule has 0 aliphatic heterocycles. The molecule has 5 rings (SSSR count). The molecule has 1 aliphatic carbocycles. The van der Waals surface area contributed by atoms with Crippen molar-refractivity contribution in [3.05, 3.63) is 128 Å². The van der Waals surface area contributed by atoms with Crippen molar-refractivity contribution in [1.82, 2.24) is 9.80 Å². The smallest absolute Gasteiger partial charge is 0.269 e. The summed E-state index contributed by atoms with van der Waals surface area (Å²) in [7, 11) is 4.31. The molecule has 0 bridgehead atoms. The number of nitro groups is 2. The first kappa shape index (κ1) is 29.7. The first-order chi connectivity index (χ1) is 20.7. The van der Waals surface area contributed by atoms with E-state index >= 15 is 0 Å². The van der Waals surface area contributed by atoms with Crippen molar-refractivity contribution in [2.75, 3.05) is 27.2 Å². The number of benzene rings is 4. The Morgan fingerprint density at radius 3 is 1.19 bits per heavy atom. The monoisotopic (exact) mass is 582 g/mol. The summed E-state index contributed by atoms with van der Waals surface area (Å²) in [4.78, 5) is 25.5. The summed E-state index contributed by atoms with van der Waals surface area (Å²) >= 11 is 0. The Morgan fingerprint density at radius 2 is 0.884 bits per heavy atom. The maximum atomic E-state index is 10.8. The molecule has 10 heteroatoms. The van der Waals surface area contributed by atoms with Gasteiger partial charge in [0.25, 0.3) is 11.4 Å². The second-order valence-electron chi connectivity index (χ2n) is 11.1. The van der Waals surface area contributed by atoms with Crippen LogP contribution in [-0.4, -0.2) is 46.8 Å². The van der Waals surface area contributed by atoms with E-state index in [9.17, 15) is 20.2 Å². The molecule has 2 atom stereocenters. The maximum Gasteiger partial charge on any atom is 0.269 e. The number of rotatable bonds is 14. The van der Waals surface area contributed by atoms with Gasteiger partial charge in [-0.1, -0.05) is 24.3 Å². The third-order valence-electron chi connectivity index (χ3n) is 7.48. The van der Waals surface area contributed by atoms with Crippen molar-refractivity contribution in [2.24, 2.45) is 11.8 Å². The predicted molar refractivity (Wildman–Crippen MR) is 163 cm³/mol. The molecule has 0 heterocycles. The largest absolute Gasteiger partial charge is 0.457 e. The molecule has 0 spiro atoms. The average Bonchev–Trinajstić information content (AvgIpc) is 3.71. The third-order valence-corrected chi connectivity index (χ3v) is 7.48. The van der Waals surface area contributed by atoms with E-state index in [1.807, 2.05) is 24.3 Å². The summed E-state index contributed by atoms with van der Waals surface area (Å²) in [6, 6.07) is 28.0. The summed E-state index contributed by atoms with van der Waals surface area (Å²) < 4.78 is 11.6. The highest BCUT2D eigenvalue weighted by Gasteiger charge is 2.38. The van der Waals surface area contributed by atoms with E-state index in [0.29, 0.717) is 34.8 Å². The highest BCUT2D eigenvalue weighted by atomic mass is 16.6. The van der Waals surface area contributed by atoms with E-state index in [1.54, 1.807) is 24.3 Å². The van der Waals surface area contributed by atoms with Crippen molar-refractivity contribution in [3.63, 3.8) is 0 Å². The van der Waals surface area contributed by atoms with Gasteiger partial charge in [-0.2, -0.15) is 0 Å². The molecule has 0 N–H and O–H groups in total. The maximum absolute atomic E-state index is 10.8. The van der Waals surface area contributed by atoms with E-state index < -0.39 is 9.85 Å². The zero-order valence-corrected chi connectivity index (χ0v) is 24.2. The number of nitro benzene ring substituents is 2. The summed E-state index contributed by atoms with van der Waals surface area (Å²) in [6.45, 7) is 3.80. The average molecular weight is 583 g/mol. The number of ether oxygens (including phenoxy) is 2. The fourth-order valence-corrected chi connectivity index (χ4v) is 5.18. The Bertz CT molecular complexity index is 1410. The number of non-ortho nitro benzene ring substituents is 2. The molecule has 1 fully saturated rings. The normalized spacial score (nSPS) is 15.8. The zero-order chi connectivity index (χ0) is 30.3. The van der Waals surface area contributed by atoms with E-state index in [-0.39, 0.29) is 11.4 Å². The molecular formula is C33H34N4O6. The molecule has 0 radical (unpaired) electrons. The van der Waals surface area contributed by atoms with Crippen LogP contribution in [0.5, 0.6) is 23.0 Å². The van der Waals surface area contributed by atoms with Gasteiger partial charge in [0.2, 0.25) is 0 Å². The molecule has 0 aromatic heterocycles. The molecule has 1 saturated carbocycles. The standard InChI is InChI=1S/C33H34N4O6/c1-34(20-24-3-11-30(12-4-24)42-32-15-7-28(8-16-32)36(38)39)22-26-19-27(26)23-35(2)21-25-5-13-31(14-6-25)43-33-17-9-29(10-18-33)37(40)41/h3-18,26-27H,19-23H2,1-2H3. The fraction of sp³-hybridized carbons (Fsp3) is 0.273. The fourth-order valence-electron chi connectivity index (χ4n) is 5.18. The van der Waals surface area contributed by atoms with Crippen molar-refractivity contribution in [2.45, 2.75) is 19.5 Å². The molecular weight excluding hydrogens is 548 g/mol. The van der Waals surface area contributed by atoms with Crippen molar-refractivity contribution < 1.29 is 19.3 Å². The molecule has 2 unspecified atom stereocenters. The van der Waals surface area contributed by atoms with Crippen LogP contribution in [-0.2, 0) is 13.1 Å². The minimum absolute atomic E-state index is 0.0376. The lowest BCUT2D eigenvalue weighted by Gasteiger charge is -2.19. The summed E-state index contributed by atoms with van der Waals surface area (Å²) in [6.07, 6.45) is 1.23. The van der Waals surface area contributed by atoms with Gasteiger partial charge in [0.15, 0.2) is 0 Å². The lowest BCUT2D eigenvalue weighted by molar-refractivity contribution is -0.385. The summed E-state index contributed by atoms with van der Waals surface area (Å²) in [5.41, 5.74) is 2.48. The minimum atomic E-state index is -0.428. The number of hydrogen-bond donors (Lipinski definition) is 0. The summed E-state index contributed by atoms with van der Waals surface area (Å²) in [5.74, 6) is 3.88. The van der Waals surface area contributed by atoms with E-state index in [2.05, 4.69) is 48.2 Å². The minimum Gasteiger partial charge on any atom is -0.457 e. The van der Waals surface area contributed by atoms with E-state index in [4.69, 9.17) is 9.47 Å². The van der Waals surface area contributed by atoms with Crippen LogP contribution in [0.25, 0.3) is 0 Å². The lowest BCUT2D eigenvalue weighted by Crippen LogP contribution is -2.24. The SMILES string of the molecule is CN(Cc1ccc(Oc2ccc([N+](=O)[O-])cc2)cc1)CC1CC1CN(C)Cc1ccc(Oc2ccc([N+](=O)[O-])cc2)cc1. The highest BCUT2D eigenvalue weighted by molar-refractivity contribution is 5.40. The number of nitrogens with zero attached hydrogens (tertiary/aromatic N) is 4. The van der Waals surface area contributed by atoms with Crippen LogP contribution >= 0.6 is 0 Å². The van der Waals surface area contributed by atoms with Gasteiger partial charge in [-0.3, -0.25) is 20.2 Å². The van der Waals surface area contributed by atoms with Crippen molar-refractivity contribution in [3.8, 4) is 23.0 Å². The van der Waals surface area contributed by atoms with Gasteiger partial charge in [-0.05, 0) is 92.0 Å². The molecule has 10 nitrogen and oxygen atoms in total. The third kappa shape index (κ3) is 8.60. The Kier molecular flexibility index (Phi) is 9.29. The number of hydrogen-bond acceptors (Lipinski definition) is 8. The van der Waals surface area contributed by atoms with Crippen LogP contribution in [0.3, 0.4) is 0 Å². The Hall–Kier alpha value is -4.80. The summed E-state index contributed by atoms with van der Waals surface area (Å²) in [5, 5.41) is 21.6. The second kappa shape index (κ2) is 13.5. The first-order valence-electron chi connectivity index (χ1n) is 14.1. The topological polar surface area (TPSA) is 111 Å². The highest BCUT2D eigenvalue weighted by Crippen LogP contribution is 2.40. The molecule has 0 amide bonds. The molecule has 43 heavy (non-hydrogen) atoms. The van der Waals surface area contributed by atoms with Crippen LogP contribution < -0.4 is 9.47 Å². The van der Waals surface area contributed by atoms with Crippen LogP contribution in [0.2, 0.25) is 0 Å². The van der Waals surface area contributed by atoms with Gasteiger partial charge in [0.1, 0.15) is 23.0 Å². The van der Waals surface area contributed by atoms with E-state index in [0.717, 1.165) is 26.2 Å². The molecule has 1 aliphatic rings. The van der Waals surface area contributed by atoms with Crippen LogP contribution in [0.1, 0.15) is 17.5 Å². The molecule has 4 aromatic carbocycles. The first-order valence-corrected chi connectivity index (χ1v) is 14.1. The van der Waals surface area contributed by atoms with Gasteiger partial charge in [-0.15, -0.1) is 0 Å². The van der Waals surface area contributed by atoms with Crippen molar-refractivity contribution in [1.29, 1.82) is 0 Å². The Morgan fingerprint density at radius 1 is 0.581 bits per heavy atom. The molecule has 0 saturated heterocycles. The Balaban J connectivity index is 1.01. The van der Waals surface area contributed by atoms with Crippen LogP contribution in [0.15, 0.2) is 97.1 Å². The van der Waals surface area contributed by atoms with E-state index in [1.165, 1.54) is 41.8 Å². The van der Waals surface area contributed by atoms with Crippen LogP contribution in [0.4, 0.5) is 11.4 Å². The Labute approximate surface area is 250 Å².